The second kappa shape index (κ2) is 9.58. The molecule has 2 aromatic carbocycles. The summed E-state index contributed by atoms with van der Waals surface area (Å²) in [4.78, 5) is 31.8. The normalized spacial score (nSPS) is 18.0. The number of rotatable bonds is 7. The quantitative estimate of drug-likeness (QED) is 0.478. The average molecular weight is 484 g/mol. The van der Waals surface area contributed by atoms with Gasteiger partial charge in [0.15, 0.2) is 16.4 Å². The standard InChI is InChI=1S/C25H29N3O5S/c1-4-17(2)27(21-12-13-34(31,32)16-21)24(29)15-33-25(30)19-10-11-23-22(14-19)26-18(3)28(23)20-8-6-5-7-9-20/h5-11,14,17,21H,4,12-13,15-16H2,1-3H3. The van der Waals surface area contributed by atoms with Crippen LogP contribution in [0.5, 0.6) is 0 Å². The number of hydrogen-bond acceptors (Lipinski definition) is 6. The summed E-state index contributed by atoms with van der Waals surface area (Å²) >= 11 is 0. The van der Waals surface area contributed by atoms with Crippen LogP contribution in [0.25, 0.3) is 16.7 Å². The van der Waals surface area contributed by atoms with Gasteiger partial charge in [-0.05, 0) is 57.0 Å². The van der Waals surface area contributed by atoms with Crippen molar-refractivity contribution in [3.8, 4) is 5.69 Å². The molecule has 8 nitrogen and oxygen atoms in total. The average Bonchev–Trinajstić information content (AvgIpc) is 3.35. The molecule has 0 radical (unpaired) electrons. The predicted octanol–water partition coefficient (Wildman–Crippen LogP) is 3.30. The number of nitrogens with zero attached hydrogens (tertiary/aromatic N) is 3. The molecule has 0 bridgehead atoms. The maximum atomic E-state index is 12.9. The zero-order chi connectivity index (χ0) is 24.5. The number of ether oxygens (including phenoxy) is 1. The number of carbonyl (C=O) groups excluding carboxylic acids is 2. The molecule has 1 fully saturated rings. The number of esters is 1. The molecule has 0 aliphatic carbocycles. The highest BCUT2D eigenvalue weighted by atomic mass is 32.2. The minimum atomic E-state index is -3.14. The van der Waals surface area contributed by atoms with E-state index in [0.717, 1.165) is 17.0 Å². The van der Waals surface area contributed by atoms with Crippen molar-refractivity contribution in [1.82, 2.24) is 14.5 Å². The van der Waals surface area contributed by atoms with Gasteiger partial charge in [-0.3, -0.25) is 9.36 Å². The van der Waals surface area contributed by atoms with Crippen LogP contribution in [0.3, 0.4) is 0 Å². The molecule has 1 aromatic heterocycles. The lowest BCUT2D eigenvalue weighted by atomic mass is 10.1. The maximum absolute atomic E-state index is 12.9. The van der Waals surface area contributed by atoms with Crippen LogP contribution in [-0.2, 0) is 19.4 Å². The Hall–Kier alpha value is -3.20. The Balaban J connectivity index is 1.49. The number of aromatic nitrogens is 2. The number of hydrogen-bond donors (Lipinski definition) is 0. The molecule has 1 saturated heterocycles. The number of benzene rings is 2. The Labute approximate surface area is 199 Å². The van der Waals surface area contributed by atoms with E-state index in [0.29, 0.717) is 23.9 Å². The lowest BCUT2D eigenvalue weighted by Crippen LogP contribution is -2.48. The van der Waals surface area contributed by atoms with Gasteiger partial charge in [0, 0.05) is 17.8 Å². The molecule has 1 aliphatic heterocycles. The molecule has 4 rings (SSSR count). The second-order valence-electron chi connectivity index (χ2n) is 8.72. The molecule has 2 atom stereocenters. The van der Waals surface area contributed by atoms with Gasteiger partial charge in [0.25, 0.3) is 5.91 Å². The number of sulfone groups is 1. The van der Waals surface area contributed by atoms with Crippen LogP contribution in [0.1, 0.15) is 42.9 Å². The van der Waals surface area contributed by atoms with E-state index in [1.54, 1.807) is 17.0 Å². The van der Waals surface area contributed by atoms with E-state index in [4.69, 9.17) is 4.74 Å². The molecule has 9 heteroatoms. The Morgan fingerprint density at radius 1 is 1.21 bits per heavy atom. The van der Waals surface area contributed by atoms with Crippen LogP contribution >= 0.6 is 0 Å². The highest BCUT2D eigenvalue weighted by molar-refractivity contribution is 7.91. The van der Waals surface area contributed by atoms with Crippen molar-refractivity contribution >= 4 is 32.7 Å². The number of carbonyl (C=O) groups is 2. The summed E-state index contributed by atoms with van der Waals surface area (Å²) in [5.41, 5.74) is 2.79. The first-order valence-electron chi connectivity index (χ1n) is 11.4. The summed E-state index contributed by atoms with van der Waals surface area (Å²) in [6.07, 6.45) is 1.09. The van der Waals surface area contributed by atoms with Crippen LogP contribution in [0, 0.1) is 6.92 Å². The van der Waals surface area contributed by atoms with Crippen molar-refractivity contribution in [2.45, 2.75) is 45.7 Å². The molecule has 2 unspecified atom stereocenters. The smallest absolute Gasteiger partial charge is 0.338 e. The first-order valence-corrected chi connectivity index (χ1v) is 13.3. The third kappa shape index (κ3) is 4.84. The van der Waals surface area contributed by atoms with Gasteiger partial charge < -0.3 is 9.64 Å². The van der Waals surface area contributed by atoms with E-state index in [9.17, 15) is 18.0 Å². The molecule has 1 aliphatic rings. The molecular formula is C25H29N3O5S. The third-order valence-corrected chi connectivity index (χ3v) is 8.10. The van der Waals surface area contributed by atoms with Gasteiger partial charge in [-0.25, -0.2) is 18.2 Å². The molecule has 0 spiro atoms. The highest BCUT2D eigenvalue weighted by Gasteiger charge is 2.36. The van der Waals surface area contributed by atoms with Crippen LogP contribution in [0.15, 0.2) is 48.5 Å². The van der Waals surface area contributed by atoms with Crippen molar-refractivity contribution in [3.63, 3.8) is 0 Å². The Kier molecular flexibility index (Phi) is 6.74. The van der Waals surface area contributed by atoms with E-state index in [-0.39, 0.29) is 29.5 Å². The van der Waals surface area contributed by atoms with Crippen molar-refractivity contribution in [1.29, 1.82) is 0 Å². The van der Waals surface area contributed by atoms with Crippen molar-refractivity contribution in [3.05, 3.63) is 59.9 Å². The molecule has 0 saturated carbocycles. The first kappa shape index (κ1) is 23.9. The van der Waals surface area contributed by atoms with Gasteiger partial charge in [-0.2, -0.15) is 0 Å². The minimum absolute atomic E-state index is 0.0445. The van der Waals surface area contributed by atoms with Crippen LogP contribution < -0.4 is 0 Å². The largest absolute Gasteiger partial charge is 0.452 e. The van der Waals surface area contributed by atoms with Crippen LogP contribution in [0.4, 0.5) is 0 Å². The minimum Gasteiger partial charge on any atom is -0.452 e. The molecular weight excluding hydrogens is 454 g/mol. The summed E-state index contributed by atoms with van der Waals surface area (Å²) in [5.74, 6) is -0.179. The zero-order valence-electron chi connectivity index (χ0n) is 19.6. The summed E-state index contributed by atoms with van der Waals surface area (Å²) in [5, 5.41) is 0. The van der Waals surface area contributed by atoms with E-state index >= 15 is 0 Å². The second-order valence-corrected chi connectivity index (χ2v) is 11.0. The summed E-state index contributed by atoms with van der Waals surface area (Å²) in [6, 6.07) is 14.4. The highest BCUT2D eigenvalue weighted by Crippen LogP contribution is 2.24. The molecule has 0 N–H and O–H groups in total. The lowest BCUT2D eigenvalue weighted by molar-refractivity contribution is -0.138. The van der Waals surface area contributed by atoms with Crippen molar-refractivity contribution in [2.24, 2.45) is 0 Å². The van der Waals surface area contributed by atoms with E-state index in [1.165, 1.54) is 0 Å². The number of amides is 1. The van der Waals surface area contributed by atoms with E-state index in [2.05, 4.69) is 4.98 Å². The van der Waals surface area contributed by atoms with Crippen molar-refractivity contribution in [2.75, 3.05) is 18.1 Å². The summed E-state index contributed by atoms with van der Waals surface area (Å²) in [6.45, 7) is 5.28. The number of para-hydroxylation sites is 1. The number of aryl methyl sites for hydroxylation is 1. The molecule has 2 heterocycles. The lowest BCUT2D eigenvalue weighted by Gasteiger charge is -2.33. The number of imidazole rings is 1. The zero-order valence-corrected chi connectivity index (χ0v) is 20.4. The van der Waals surface area contributed by atoms with Gasteiger partial charge in [-0.15, -0.1) is 0 Å². The summed E-state index contributed by atoms with van der Waals surface area (Å²) in [7, 11) is -3.14. The third-order valence-electron chi connectivity index (χ3n) is 6.35. The Bertz CT molecular complexity index is 1320. The monoisotopic (exact) mass is 483 g/mol. The molecule has 34 heavy (non-hydrogen) atoms. The van der Waals surface area contributed by atoms with Crippen molar-refractivity contribution < 1.29 is 22.7 Å². The molecule has 1 amide bonds. The van der Waals surface area contributed by atoms with Crippen LogP contribution in [-0.4, -0.2) is 64.9 Å². The topological polar surface area (TPSA) is 98.6 Å². The number of fused-ring (bicyclic) bond motifs is 1. The van der Waals surface area contributed by atoms with E-state index in [1.807, 2.05) is 61.7 Å². The Morgan fingerprint density at radius 3 is 2.59 bits per heavy atom. The SMILES string of the molecule is CCC(C)N(C(=O)COC(=O)c1ccc2c(c1)nc(C)n2-c1ccccc1)C1CCS(=O)(=O)C1. The molecule has 180 valence electrons. The maximum Gasteiger partial charge on any atom is 0.338 e. The van der Waals surface area contributed by atoms with Gasteiger partial charge in [0.2, 0.25) is 0 Å². The van der Waals surface area contributed by atoms with Gasteiger partial charge in [0.1, 0.15) is 5.82 Å². The van der Waals surface area contributed by atoms with Gasteiger partial charge in [-0.1, -0.05) is 25.1 Å². The predicted molar refractivity (Wildman–Crippen MR) is 130 cm³/mol. The van der Waals surface area contributed by atoms with E-state index < -0.39 is 22.4 Å². The fourth-order valence-corrected chi connectivity index (χ4v) is 6.23. The fraction of sp³-hybridized carbons (Fsp3) is 0.400. The van der Waals surface area contributed by atoms with Crippen LogP contribution in [0.2, 0.25) is 0 Å². The van der Waals surface area contributed by atoms with Gasteiger partial charge in [0.05, 0.1) is 28.1 Å². The fourth-order valence-electron chi connectivity index (χ4n) is 4.52. The summed E-state index contributed by atoms with van der Waals surface area (Å²) < 4.78 is 31.2. The van der Waals surface area contributed by atoms with Gasteiger partial charge >= 0.3 is 5.97 Å². The molecule has 3 aromatic rings. The Morgan fingerprint density at radius 2 is 1.94 bits per heavy atom. The first-order chi connectivity index (χ1) is 16.2.